The molecule has 0 bridgehead atoms. The third-order valence-corrected chi connectivity index (χ3v) is 4.80. The molecule has 1 aromatic heterocycles. The van der Waals surface area contributed by atoms with Crippen molar-refractivity contribution < 1.29 is 9.59 Å². The highest BCUT2D eigenvalue weighted by Crippen LogP contribution is 2.24. The predicted molar refractivity (Wildman–Crippen MR) is 92.0 cm³/mol. The fourth-order valence-corrected chi connectivity index (χ4v) is 3.38. The van der Waals surface area contributed by atoms with E-state index in [1.165, 1.54) is 6.92 Å². The van der Waals surface area contributed by atoms with Crippen LogP contribution in [0, 0.1) is 19.8 Å². The number of Topliss-reactive ketones (excluding diaryl/α,β-unsaturated/α-hetero) is 1. The van der Waals surface area contributed by atoms with Gasteiger partial charge in [-0.3, -0.25) is 14.5 Å². The Morgan fingerprint density at radius 1 is 1.30 bits per heavy atom. The van der Waals surface area contributed by atoms with Crippen molar-refractivity contribution >= 4 is 11.7 Å². The molecule has 0 saturated carbocycles. The zero-order valence-corrected chi connectivity index (χ0v) is 15.2. The first kappa shape index (κ1) is 17.7. The van der Waals surface area contributed by atoms with Crippen molar-refractivity contribution in [3.05, 3.63) is 22.5 Å². The number of H-pyrrole nitrogens is 1. The SMILES string of the molecule is CC(=O)c1[nH]c(C)c(C(=O)NCC2CCN(C(C)(C)C)C2)c1C. The molecule has 0 spiro atoms. The zero-order valence-electron chi connectivity index (χ0n) is 15.2. The van der Waals surface area contributed by atoms with E-state index >= 15 is 0 Å². The Bertz CT molecular complexity index is 611. The molecular weight excluding hydrogens is 290 g/mol. The van der Waals surface area contributed by atoms with Gasteiger partial charge in [0.1, 0.15) is 0 Å². The lowest BCUT2D eigenvalue weighted by atomic mass is 10.1. The maximum Gasteiger partial charge on any atom is 0.253 e. The summed E-state index contributed by atoms with van der Waals surface area (Å²) in [4.78, 5) is 29.6. The van der Waals surface area contributed by atoms with Crippen LogP contribution in [-0.4, -0.2) is 46.7 Å². The molecule has 5 nitrogen and oxygen atoms in total. The van der Waals surface area contributed by atoms with E-state index < -0.39 is 0 Å². The molecule has 1 aliphatic rings. The van der Waals surface area contributed by atoms with Gasteiger partial charge < -0.3 is 10.3 Å². The molecule has 2 N–H and O–H groups in total. The average molecular weight is 319 g/mol. The van der Waals surface area contributed by atoms with Gasteiger partial charge in [-0.15, -0.1) is 0 Å². The number of hydrogen-bond acceptors (Lipinski definition) is 3. The molecule has 1 fully saturated rings. The van der Waals surface area contributed by atoms with Gasteiger partial charge in [0, 0.05) is 31.2 Å². The monoisotopic (exact) mass is 319 g/mol. The van der Waals surface area contributed by atoms with Gasteiger partial charge in [-0.25, -0.2) is 0 Å². The molecule has 0 radical (unpaired) electrons. The number of carbonyl (C=O) groups is 2. The van der Waals surface area contributed by atoms with Gasteiger partial charge >= 0.3 is 0 Å². The summed E-state index contributed by atoms with van der Waals surface area (Å²) in [5, 5.41) is 3.05. The van der Waals surface area contributed by atoms with Crippen molar-refractivity contribution in [1.82, 2.24) is 15.2 Å². The summed E-state index contributed by atoms with van der Waals surface area (Å²) < 4.78 is 0. The maximum absolute atomic E-state index is 12.5. The highest BCUT2D eigenvalue weighted by atomic mass is 16.1. The number of aromatic nitrogens is 1. The Balaban J connectivity index is 1.98. The summed E-state index contributed by atoms with van der Waals surface area (Å²) in [7, 11) is 0. The number of nitrogens with one attached hydrogen (secondary N) is 2. The molecule has 2 heterocycles. The fourth-order valence-electron chi connectivity index (χ4n) is 3.38. The van der Waals surface area contributed by atoms with Crippen LogP contribution >= 0.6 is 0 Å². The number of nitrogens with zero attached hydrogens (tertiary/aromatic N) is 1. The van der Waals surface area contributed by atoms with Gasteiger partial charge in [-0.2, -0.15) is 0 Å². The fraction of sp³-hybridized carbons (Fsp3) is 0.667. The van der Waals surface area contributed by atoms with Crippen LogP contribution < -0.4 is 5.32 Å². The van der Waals surface area contributed by atoms with Gasteiger partial charge in [0.05, 0.1) is 11.3 Å². The lowest BCUT2D eigenvalue weighted by Crippen LogP contribution is -2.40. The largest absolute Gasteiger partial charge is 0.355 e. The molecule has 23 heavy (non-hydrogen) atoms. The van der Waals surface area contributed by atoms with Crippen LogP contribution in [0.25, 0.3) is 0 Å². The molecule has 1 atom stereocenters. The average Bonchev–Trinajstić information content (AvgIpc) is 3.01. The van der Waals surface area contributed by atoms with E-state index in [1.54, 1.807) is 0 Å². The van der Waals surface area contributed by atoms with Crippen LogP contribution in [0.1, 0.15) is 66.2 Å². The van der Waals surface area contributed by atoms with Gasteiger partial charge in [0.2, 0.25) is 0 Å². The first-order valence-electron chi connectivity index (χ1n) is 8.34. The standard InChI is InChI=1S/C18H29N3O2/c1-11-15(12(2)20-16(11)13(3)22)17(23)19-9-14-7-8-21(10-14)18(4,5)6/h14,20H,7-10H2,1-6H3,(H,19,23). The van der Waals surface area contributed by atoms with Crippen molar-refractivity contribution in [3.63, 3.8) is 0 Å². The molecule has 1 unspecified atom stereocenters. The second-order valence-corrected chi connectivity index (χ2v) is 7.66. The minimum absolute atomic E-state index is 0.0405. The van der Waals surface area contributed by atoms with Crippen LogP contribution in [0.3, 0.4) is 0 Å². The Kier molecular flexibility index (Phi) is 4.99. The first-order valence-corrected chi connectivity index (χ1v) is 8.34. The Hall–Kier alpha value is -1.62. The third kappa shape index (κ3) is 3.83. The van der Waals surface area contributed by atoms with Gasteiger partial charge in [-0.1, -0.05) is 0 Å². The van der Waals surface area contributed by atoms with Crippen LogP contribution in [0.4, 0.5) is 0 Å². The number of aromatic amines is 1. The number of amides is 1. The normalized spacial score (nSPS) is 19.1. The lowest BCUT2D eigenvalue weighted by molar-refractivity contribution is 0.0944. The van der Waals surface area contributed by atoms with E-state index in [2.05, 4.69) is 36.0 Å². The molecule has 1 amide bonds. The van der Waals surface area contributed by atoms with E-state index in [9.17, 15) is 9.59 Å². The third-order valence-electron chi connectivity index (χ3n) is 4.80. The van der Waals surface area contributed by atoms with Crippen molar-refractivity contribution in [2.45, 2.75) is 53.5 Å². The number of ketones is 1. The summed E-state index contributed by atoms with van der Waals surface area (Å²) in [5.74, 6) is 0.365. The van der Waals surface area contributed by atoms with Gasteiger partial charge in [0.25, 0.3) is 5.91 Å². The van der Waals surface area contributed by atoms with Crippen molar-refractivity contribution in [3.8, 4) is 0 Å². The Labute approximate surface area is 138 Å². The molecule has 1 saturated heterocycles. The quantitative estimate of drug-likeness (QED) is 0.839. The Morgan fingerprint density at radius 3 is 2.43 bits per heavy atom. The molecule has 0 aromatic carbocycles. The number of rotatable bonds is 4. The van der Waals surface area contributed by atoms with E-state index in [4.69, 9.17) is 0 Å². The van der Waals surface area contributed by atoms with E-state index in [0.717, 1.165) is 30.8 Å². The van der Waals surface area contributed by atoms with Gasteiger partial charge in [-0.05, 0) is 59.1 Å². The topological polar surface area (TPSA) is 65.2 Å². The molecular formula is C18H29N3O2. The minimum atomic E-state index is -0.0852. The lowest BCUT2D eigenvalue weighted by Gasteiger charge is -2.31. The van der Waals surface area contributed by atoms with E-state index in [1.807, 2.05) is 13.8 Å². The van der Waals surface area contributed by atoms with E-state index in [0.29, 0.717) is 23.7 Å². The van der Waals surface area contributed by atoms with Crippen molar-refractivity contribution in [1.29, 1.82) is 0 Å². The molecule has 0 aliphatic carbocycles. The van der Waals surface area contributed by atoms with Gasteiger partial charge in [0.15, 0.2) is 5.78 Å². The highest BCUT2D eigenvalue weighted by Gasteiger charge is 2.30. The molecule has 1 aromatic rings. The van der Waals surface area contributed by atoms with Crippen molar-refractivity contribution in [2.75, 3.05) is 19.6 Å². The van der Waals surface area contributed by atoms with Crippen LogP contribution in [0.5, 0.6) is 0 Å². The summed E-state index contributed by atoms with van der Waals surface area (Å²) >= 11 is 0. The second kappa shape index (κ2) is 6.48. The smallest absolute Gasteiger partial charge is 0.253 e. The van der Waals surface area contributed by atoms with E-state index in [-0.39, 0.29) is 17.2 Å². The number of carbonyl (C=O) groups excluding carboxylic acids is 2. The Morgan fingerprint density at radius 2 is 1.96 bits per heavy atom. The molecule has 5 heteroatoms. The van der Waals surface area contributed by atoms with Crippen LogP contribution in [-0.2, 0) is 0 Å². The van der Waals surface area contributed by atoms with Crippen molar-refractivity contribution in [2.24, 2.45) is 5.92 Å². The summed E-state index contributed by atoms with van der Waals surface area (Å²) in [6.07, 6.45) is 1.11. The summed E-state index contributed by atoms with van der Waals surface area (Å²) in [6.45, 7) is 14.6. The van der Waals surface area contributed by atoms with Crippen LogP contribution in [0.15, 0.2) is 0 Å². The highest BCUT2D eigenvalue weighted by molar-refractivity contribution is 6.02. The number of hydrogen-bond donors (Lipinski definition) is 2. The summed E-state index contributed by atoms with van der Waals surface area (Å²) in [5.41, 5.74) is 2.83. The maximum atomic E-state index is 12.5. The number of likely N-dealkylation sites (tertiary alicyclic amines) is 1. The number of aryl methyl sites for hydroxylation is 1. The molecule has 1 aliphatic heterocycles. The van der Waals surface area contributed by atoms with Crippen LogP contribution in [0.2, 0.25) is 0 Å². The molecule has 128 valence electrons. The second-order valence-electron chi connectivity index (χ2n) is 7.66. The predicted octanol–water partition coefficient (Wildman–Crippen LogP) is 2.68. The first-order chi connectivity index (χ1) is 10.6. The summed E-state index contributed by atoms with van der Waals surface area (Å²) in [6, 6.07) is 0. The zero-order chi connectivity index (χ0) is 17.4. The minimum Gasteiger partial charge on any atom is -0.355 e. The molecule has 2 rings (SSSR count).